The van der Waals surface area contributed by atoms with E-state index in [1.165, 1.54) is 0 Å². The third-order valence-electron chi connectivity index (χ3n) is 1.51. The molecule has 0 aromatic heterocycles. The predicted octanol–water partition coefficient (Wildman–Crippen LogP) is 3.41. The molecule has 1 aromatic rings. The summed E-state index contributed by atoms with van der Waals surface area (Å²) in [5.41, 5.74) is -2.68. The molecule has 15 heavy (non-hydrogen) atoms. The number of rotatable bonds is 0. The monoisotopic (exact) mass is 233 g/mol. The van der Waals surface area contributed by atoms with Crippen molar-refractivity contribution in [1.82, 2.24) is 0 Å². The highest BCUT2D eigenvalue weighted by atomic mass is 19.4. The molecule has 0 aliphatic carbocycles. The van der Waals surface area contributed by atoms with E-state index in [0.29, 0.717) is 0 Å². The van der Waals surface area contributed by atoms with E-state index in [1.807, 2.05) is 0 Å². The Hall–Kier alpha value is -1.47. The Morgan fingerprint density at radius 1 is 0.733 bits per heavy atom. The minimum Gasteiger partial charge on any atom is -0.286 e. The first-order chi connectivity index (χ1) is 6.68. The van der Waals surface area contributed by atoms with Crippen molar-refractivity contribution in [3.05, 3.63) is 28.8 Å². The van der Waals surface area contributed by atoms with E-state index in [1.54, 1.807) is 0 Å². The van der Waals surface area contributed by atoms with Crippen molar-refractivity contribution in [3.63, 3.8) is 0 Å². The van der Waals surface area contributed by atoms with Gasteiger partial charge in [-0.1, -0.05) is 0 Å². The Labute approximate surface area is 77.7 Å². The molecule has 0 bridgehead atoms. The average Bonchev–Trinajstić information content (AvgIpc) is 2.09. The van der Waals surface area contributed by atoms with Crippen LogP contribution >= 0.6 is 0 Å². The second-order valence-electron chi connectivity index (χ2n) is 2.46. The Bertz CT molecular complexity index is 380. The standard InChI is InChI=1S/C7F7O/c8-2-1(7(12,13)14)6(15)5(11)4(10)3(2)9. The number of halogens is 7. The van der Waals surface area contributed by atoms with Crippen LogP contribution in [-0.2, 0) is 11.3 Å². The summed E-state index contributed by atoms with van der Waals surface area (Å²) >= 11 is 0. The minimum absolute atomic E-state index is 2.56. The van der Waals surface area contributed by atoms with Gasteiger partial charge in [0.2, 0.25) is 17.4 Å². The van der Waals surface area contributed by atoms with E-state index < -0.39 is 40.8 Å². The first-order valence-corrected chi connectivity index (χ1v) is 3.28. The van der Waals surface area contributed by atoms with Crippen LogP contribution in [0.4, 0.5) is 30.7 Å². The van der Waals surface area contributed by atoms with Crippen LogP contribution in [0.3, 0.4) is 0 Å². The van der Waals surface area contributed by atoms with Crippen LogP contribution in [0.5, 0.6) is 5.75 Å². The van der Waals surface area contributed by atoms with Gasteiger partial charge in [-0.3, -0.25) is 5.11 Å². The molecule has 0 aliphatic rings. The van der Waals surface area contributed by atoms with Crippen LogP contribution in [0.2, 0.25) is 0 Å². The van der Waals surface area contributed by atoms with Crippen molar-refractivity contribution in [3.8, 4) is 5.75 Å². The Morgan fingerprint density at radius 2 is 1.13 bits per heavy atom. The predicted molar refractivity (Wildman–Crippen MR) is 31.4 cm³/mol. The van der Waals surface area contributed by atoms with Crippen molar-refractivity contribution in [1.29, 1.82) is 0 Å². The van der Waals surface area contributed by atoms with Crippen LogP contribution in [-0.4, -0.2) is 0 Å². The lowest BCUT2D eigenvalue weighted by molar-refractivity contribution is -0.142. The lowest BCUT2D eigenvalue weighted by Gasteiger charge is -2.09. The molecule has 0 saturated carbocycles. The topological polar surface area (TPSA) is 19.9 Å². The van der Waals surface area contributed by atoms with Crippen molar-refractivity contribution < 1.29 is 35.8 Å². The molecule has 0 aliphatic heterocycles. The Kier molecular flexibility index (Phi) is 2.54. The molecule has 1 rings (SSSR count). The van der Waals surface area contributed by atoms with Gasteiger partial charge >= 0.3 is 6.18 Å². The van der Waals surface area contributed by atoms with Crippen molar-refractivity contribution in [2.75, 3.05) is 0 Å². The van der Waals surface area contributed by atoms with Crippen molar-refractivity contribution in [2.24, 2.45) is 0 Å². The number of hydrogen-bond acceptors (Lipinski definition) is 0. The van der Waals surface area contributed by atoms with Gasteiger partial charge in [-0.05, 0) is 0 Å². The Balaban J connectivity index is 3.68. The van der Waals surface area contributed by atoms with Gasteiger partial charge in [0, 0.05) is 0 Å². The van der Waals surface area contributed by atoms with E-state index in [0.717, 1.165) is 0 Å². The summed E-state index contributed by atoms with van der Waals surface area (Å²) in [6.07, 6.45) is -5.59. The van der Waals surface area contributed by atoms with Gasteiger partial charge in [0.25, 0.3) is 0 Å². The number of benzene rings is 1. The first kappa shape index (κ1) is 11.6. The SMILES string of the molecule is [O]c1c(F)c(F)c(F)c(F)c1C(F)(F)F. The molecule has 1 nitrogen and oxygen atoms in total. The summed E-state index contributed by atoms with van der Waals surface area (Å²) in [5.74, 6) is -13.1. The zero-order chi connectivity index (χ0) is 12.0. The quantitative estimate of drug-likeness (QED) is 0.371. The fourth-order valence-corrected chi connectivity index (χ4v) is 0.865. The average molecular weight is 233 g/mol. The molecular formula is C7F7O. The molecule has 0 unspecified atom stereocenters. The van der Waals surface area contributed by atoms with Gasteiger partial charge in [-0.2, -0.15) is 17.6 Å². The molecule has 0 N–H and O–H groups in total. The summed E-state index contributed by atoms with van der Waals surface area (Å²) in [4.78, 5) is 0. The van der Waals surface area contributed by atoms with Crippen LogP contribution in [0, 0.1) is 23.3 Å². The highest BCUT2D eigenvalue weighted by Crippen LogP contribution is 2.41. The zero-order valence-electron chi connectivity index (χ0n) is 6.55. The summed E-state index contributed by atoms with van der Waals surface area (Å²) < 4.78 is 85.2. The molecule has 0 atom stereocenters. The van der Waals surface area contributed by atoms with Gasteiger partial charge in [-0.15, -0.1) is 0 Å². The second kappa shape index (κ2) is 3.28. The lowest BCUT2D eigenvalue weighted by atomic mass is 10.1. The van der Waals surface area contributed by atoms with Gasteiger partial charge in [-0.25, -0.2) is 13.2 Å². The largest absolute Gasteiger partial charge is 0.423 e. The third kappa shape index (κ3) is 1.71. The van der Waals surface area contributed by atoms with E-state index in [-0.39, 0.29) is 0 Å². The lowest BCUT2D eigenvalue weighted by Crippen LogP contribution is -2.12. The van der Waals surface area contributed by atoms with Gasteiger partial charge in [0.05, 0.1) is 0 Å². The summed E-state index contributed by atoms with van der Waals surface area (Å²) in [6.45, 7) is 0. The summed E-state index contributed by atoms with van der Waals surface area (Å²) in [5, 5.41) is 10.5. The highest BCUT2D eigenvalue weighted by molar-refractivity contribution is 5.38. The summed E-state index contributed by atoms with van der Waals surface area (Å²) in [6, 6.07) is 0. The first-order valence-electron chi connectivity index (χ1n) is 3.28. The van der Waals surface area contributed by atoms with Gasteiger partial charge in [0.1, 0.15) is 5.56 Å². The molecule has 0 amide bonds. The number of hydrogen-bond donors (Lipinski definition) is 0. The normalized spacial score (nSPS) is 11.9. The smallest absolute Gasteiger partial charge is 0.286 e. The van der Waals surface area contributed by atoms with Gasteiger partial charge < -0.3 is 0 Å². The fraction of sp³-hybridized carbons (Fsp3) is 0.143. The maximum Gasteiger partial charge on any atom is 0.423 e. The van der Waals surface area contributed by atoms with Crippen molar-refractivity contribution >= 4 is 0 Å². The molecular weight excluding hydrogens is 233 g/mol. The molecule has 1 radical (unpaired) electrons. The molecule has 1 aromatic carbocycles. The fourth-order valence-electron chi connectivity index (χ4n) is 0.865. The maximum absolute atomic E-state index is 12.5. The van der Waals surface area contributed by atoms with Gasteiger partial charge in [0.15, 0.2) is 11.6 Å². The van der Waals surface area contributed by atoms with Crippen LogP contribution < -0.4 is 0 Å². The molecule has 8 heteroatoms. The minimum atomic E-state index is -5.59. The van der Waals surface area contributed by atoms with Crippen LogP contribution in [0.25, 0.3) is 0 Å². The molecule has 0 heterocycles. The van der Waals surface area contributed by atoms with Crippen LogP contribution in [0.15, 0.2) is 0 Å². The van der Waals surface area contributed by atoms with E-state index >= 15 is 0 Å². The number of alkyl halides is 3. The molecule has 0 fully saturated rings. The van der Waals surface area contributed by atoms with E-state index in [4.69, 9.17) is 0 Å². The van der Waals surface area contributed by atoms with E-state index in [2.05, 4.69) is 0 Å². The Morgan fingerprint density at radius 3 is 1.53 bits per heavy atom. The molecule has 83 valence electrons. The highest BCUT2D eigenvalue weighted by Gasteiger charge is 2.43. The summed E-state index contributed by atoms with van der Waals surface area (Å²) in [7, 11) is 0. The van der Waals surface area contributed by atoms with Crippen molar-refractivity contribution in [2.45, 2.75) is 6.18 Å². The molecule has 0 saturated heterocycles. The maximum atomic E-state index is 12.5. The van der Waals surface area contributed by atoms with Crippen LogP contribution in [0.1, 0.15) is 5.56 Å². The second-order valence-corrected chi connectivity index (χ2v) is 2.46. The van der Waals surface area contributed by atoms with E-state index in [9.17, 15) is 35.8 Å². The molecule has 0 spiro atoms. The third-order valence-corrected chi connectivity index (χ3v) is 1.51. The zero-order valence-corrected chi connectivity index (χ0v) is 6.55.